The van der Waals surface area contributed by atoms with Gasteiger partial charge in [-0.05, 0) is 51.0 Å². The van der Waals surface area contributed by atoms with E-state index in [0.29, 0.717) is 6.61 Å². The van der Waals surface area contributed by atoms with E-state index in [0.717, 1.165) is 18.8 Å². The van der Waals surface area contributed by atoms with Crippen molar-refractivity contribution in [2.45, 2.75) is 45.6 Å². The molecule has 1 unspecified atom stereocenters. The third-order valence-electron chi connectivity index (χ3n) is 3.86. The highest BCUT2D eigenvalue weighted by molar-refractivity contribution is 5.78. The van der Waals surface area contributed by atoms with Gasteiger partial charge in [0.2, 0.25) is 0 Å². The van der Waals surface area contributed by atoms with Gasteiger partial charge in [0.1, 0.15) is 6.04 Å². The molecule has 1 heterocycles. The molecule has 1 aliphatic heterocycles. The van der Waals surface area contributed by atoms with Crippen molar-refractivity contribution < 1.29 is 9.53 Å². The first-order valence-corrected chi connectivity index (χ1v) is 7.99. The van der Waals surface area contributed by atoms with E-state index in [4.69, 9.17) is 4.74 Å². The summed E-state index contributed by atoms with van der Waals surface area (Å²) in [6.07, 6.45) is 5.24. The van der Waals surface area contributed by atoms with Gasteiger partial charge in [0.25, 0.3) is 0 Å². The molecule has 1 aliphatic rings. The Balaban J connectivity index is 1.93. The average Bonchev–Trinajstić information content (AvgIpc) is 2.77. The van der Waals surface area contributed by atoms with Crippen molar-refractivity contribution in [2.24, 2.45) is 0 Å². The molecule has 0 aliphatic carbocycles. The van der Waals surface area contributed by atoms with E-state index in [1.165, 1.54) is 31.4 Å². The molecule has 0 bridgehead atoms. The molecule has 0 radical (unpaired) electrons. The summed E-state index contributed by atoms with van der Waals surface area (Å²) in [5.74, 6) is -0.214. The molecule has 4 nitrogen and oxygen atoms in total. The molecule has 0 spiro atoms. The molecule has 116 valence electrons. The van der Waals surface area contributed by atoms with E-state index < -0.39 is 0 Å². The molecule has 21 heavy (non-hydrogen) atoms. The van der Waals surface area contributed by atoms with Gasteiger partial charge in [0.05, 0.1) is 6.61 Å². The first-order valence-electron chi connectivity index (χ1n) is 7.99. The van der Waals surface area contributed by atoms with Crippen molar-refractivity contribution in [2.75, 3.05) is 29.9 Å². The second-order valence-corrected chi connectivity index (χ2v) is 5.57. The second kappa shape index (κ2) is 7.91. The van der Waals surface area contributed by atoms with E-state index in [9.17, 15) is 4.79 Å². The van der Waals surface area contributed by atoms with Crippen LogP contribution in [0.3, 0.4) is 0 Å². The quantitative estimate of drug-likeness (QED) is 0.844. The van der Waals surface area contributed by atoms with E-state index >= 15 is 0 Å². The van der Waals surface area contributed by atoms with Gasteiger partial charge in [0, 0.05) is 24.5 Å². The Morgan fingerprint density at radius 2 is 1.81 bits per heavy atom. The van der Waals surface area contributed by atoms with Crippen LogP contribution in [0.25, 0.3) is 0 Å². The third-order valence-corrected chi connectivity index (χ3v) is 3.86. The lowest BCUT2D eigenvalue weighted by Gasteiger charge is -2.23. The molecular weight excluding hydrogens is 264 g/mol. The van der Waals surface area contributed by atoms with Crippen molar-refractivity contribution >= 4 is 17.3 Å². The van der Waals surface area contributed by atoms with Gasteiger partial charge < -0.3 is 15.0 Å². The number of hydrogen-bond acceptors (Lipinski definition) is 4. The SMILES string of the molecule is CCOC(=O)C(C)Nc1ccc(N2CCCCCC2)cc1. The van der Waals surface area contributed by atoms with Gasteiger partial charge in [-0.3, -0.25) is 0 Å². The second-order valence-electron chi connectivity index (χ2n) is 5.57. The van der Waals surface area contributed by atoms with Crippen molar-refractivity contribution in [1.29, 1.82) is 0 Å². The highest BCUT2D eigenvalue weighted by atomic mass is 16.5. The van der Waals surface area contributed by atoms with E-state index in [1.54, 1.807) is 0 Å². The number of hydrogen-bond donors (Lipinski definition) is 1. The van der Waals surface area contributed by atoms with Gasteiger partial charge in [-0.1, -0.05) is 12.8 Å². The molecule has 0 saturated carbocycles. The van der Waals surface area contributed by atoms with Gasteiger partial charge >= 0.3 is 5.97 Å². The molecule has 1 saturated heterocycles. The van der Waals surface area contributed by atoms with Crippen molar-refractivity contribution in [3.63, 3.8) is 0 Å². The molecular formula is C17H26N2O2. The zero-order valence-corrected chi connectivity index (χ0v) is 13.1. The Kier molecular flexibility index (Phi) is 5.90. The van der Waals surface area contributed by atoms with E-state index in [1.807, 2.05) is 26.0 Å². The lowest BCUT2D eigenvalue weighted by molar-refractivity contribution is -0.143. The highest BCUT2D eigenvalue weighted by Crippen LogP contribution is 2.21. The van der Waals surface area contributed by atoms with Crippen molar-refractivity contribution in [1.82, 2.24) is 0 Å². The summed E-state index contributed by atoms with van der Waals surface area (Å²) >= 11 is 0. The average molecular weight is 290 g/mol. The van der Waals surface area contributed by atoms with Crippen LogP contribution in [0.5, 0.6) is 0 Å². The van der Waals surface area contributed by atoms with Crippen LogP contribution in [0.1, 0.15) is 39.5 Å². The minimum absolute atomic E-state index is 0.214. The zero-order chi connectivity index (χ0) is 15.1. The first-order chi connectivity index (χ1) is 10.2. The van der Waals surface area contributed by atoms with Crippen LogP contribution in [0, 0.1) is 0 Å². The van der Waals surface area contributed by atoms with Gasteiger partial charge in [-0.15, -0.1) is 0 Å². The minimum atomic E-state index is -0.325. The fraction of sp³-hybridized carbons (Fsp3) is 0.588. The highest BCUT2D eigenvalue weighted by Gasteiger charge is 2.14. The summed E-state index contributed by atoms with van der Waals surface area (Å²) in [7, 11) is 0. The van der Waals surface area contributed by atoms with Crippen LogP contribution < -0.4 is 10.2 Å². The Bertz CT molecular complexity index is 437. The van der Waals surface area contributed by atoms with Crippen LogP contribution in [0.4, 0.5) is 11.4 Å². The number of rotatable bonds is 5. The molecule has 2 rings (SSSR count). The Hall–Kier alpha value is -1.71. The molecule has 4 heteroatoms. The summed E-state index contributed by atoms with van der Waals surface area (Å²) in [6.45, 7) is 6.35. The normalized spacial score (nSPS) is 17.0. The molecule has 1 aromatic rings. The molecule has 0 aromatic heterocycles. The maximum Gasteiger partial charge on any atom is 0.328 e. The van der Waals surface area contributed by atoms with Gasteiger partial charge in [0.15, 0.2) is 0 Å². The Labute approximate surface area is 127 Å². The first kappa shape index (κ1) is 15.7. The summed E-state index contributed by atoms with van der Waals surface area (Å²) in [4.78, 5) is 14.1. The predicted molar refractivity (Wildman–Crippen MR) is 86.8 cm³/mol. The molecule has 1 aromatic carbocycles. The monoisotopic (exact) mass is 290 g/mol. The van der Waals surface area contributed by atoms with Crippen LogP contribution in [-0.2, 0) is 9.53 Å². The fourth-order valence-corrected chi connectivity index (χ4v) is 2.67. The standard InChI is InChI=1S/C17H26N2O2/c1-3-21-17(20)14(2)18-15-8-10-16(11-9-15)19-12-6-4-5-7-13-19/h8-11,14,18H,3-7,12-13H2,1-2H3. The van der Waals surface area contributed by atoms with Crippen LogP contribution in [0.2, 0.25) is 0 Å². The molecule has 1 fully saturated rings. The lowest BCUT2D eigenvalue weighted by Crippen LogP contribution is -2.28. The van der Waals surface area contributed by atoms with E-state index in [-0.39, 0.29) is 12.0 Å². The molecule has 1 N–H and O–H groups in total. The largest absolute Gasteiger partial charge is 0.464 e. The number of benzene rings is 1. The van der Waals surface area contributed by atoms with Gasteiger partial charge in [-0.2, -0.15) is 0 Å². The minimum Gasteiger partial charge on any atom is -0.464 e. The topological polar surface area (TPSA) is 41.6 Å². The number of carbonyl (C=O) groups is 1. The van der Waals surface area contributed by atoms with E-state index in [2.05, 4.69) is 22.3 Å². The fourth-order valence-electron chi connectivity index (χ4n) is 2.67. The van der Waals surface area contributed by atoms with Crippen LogP contribution in [0.15, 0.2) is 24.3 Å². The smallest absolute Gasteiger partial charge is 0.328 e. The number of nitrogens with zero attached hydrogens (tertiary/aromatic N) is 1. The summed E-state index contributed by atoms with van der Waals surface area (Å²) in [5.41, 5.74) is 2.22. The molecule has 0 amide bonds. The molecule has 1 atom stereocenters. The van der Waals surface area contributed by atoms with Crippen molar-refractivity contribution in [3.05, 3.63) is 24.3 Å². The van der Waals surface area contributed by atoms with Crippen molar-refractivity contribution in [3.8, 4) is 0 Å². The Morgan fingerprint density at radius 1 is 1.19 bits per heavy atom. The summed E-state index contributed by atoms with van der Waals surface area (Å²) in [6, 6.07) is 8.01. The summed E-state index contributed by atoms with van der Waals surface area (Å²) in [5, 5.41) is 3.18. The zero-order valence-electron chi connectivity index (χ0n) is 13.1. The number of ether oxygens (including phenoxy) is 1. The Morgan fingerprint density at radius 3 is 2.38 bits per heavy atom. The van der Waals surface area contributed by atoms with Crippen LogP contribution in [-0.4, -0.2) is 31.7 Å². The predicted octanol–water partition coefficient (Wildman–Crippen LogP) is 3.43. The lowest BCUT2D eigenvalue weighted by atomic mass is 10.2. The summed E-state index contributed by atoms with van der Waals surface area (Å²) < 4.78 is 5.00. The maximum absolute atomic E-state index is 11.6. The number of nitrogens with one attached hydrogen (secondary N) is 1. The van der Waals surface area contributed by atoms with Gasteiger partial charge in [-0.25, -0.2) is 4.79 Å². The maximum atomic E-state index is 11.6. The number of esters is 1. The third kappa shape index (κ3) is 4.66. The number of carbonyl (C=O) groups excluding carboxylic acids is 1. The number of anilines is 2. The van der Waals surface area contributed by atoms with Crippen LogP contribution >= 0.6 is 0 Å².